The lowest BCUT2D eigenvalue weighted by Crippen LogP contribution is -2.43. The summed E-state index contributed by atoms with van der Waals surface area (Å²) in [6.07, 6.45) is 0.206. The molecule has 6 heteroatoms. The molecule has 3 rings (SSSR count). The molecule has 1 N–H and O–H groups in total. The van der Waals surface area contributed by atoms with Crippen LogP contribution < -0.4 is 4.72 Å². The number of rotatable bonds is 6. The second-order valence-electron chi connectivity index (χ2n) is 5.86. The van der Waals surface area contributed by atoms with Crippen molar-refractivity contribution in [3.05, 3.63) is 78.4 Å². The highest BCUT2D eigenvalue weighted by Crippen LogP contribution is 2.23. The van der Waals surface area contributed by atoms with E-state index in [9.17, 15) is 13.2 Å². The van der Waals surface area contributed by atoms with Gasteiger partial charge in [0.1, 0.15) is 6.04 Å². The third kappa shape index (κ3) is 3.92. The highest BCUT2D eigenvalue weighted by molar-refractivity contribution is 7.89. The monoisotopic (exact) mass is 369 g/mol. The van der Waals surface area contributed by atoms with Gasteiger partial charge in [0.25, 0.3) is 0 Å². The number of nitrogens with one attached hydrogen (secondary N) is 1. The van der Waals surface area contributed by atoms with E-state index in [4.69, 9.17) is 4.74 Å². The number of hydrogen-bond donors (Lipinski definition) is 1. The normalized spacial score (nSPS) is 12.7. The number of hydrogen-bond acceptors (Lipinski definition) is 4. The van der Waals surface area contributed by atoms with Crippen molar-refractivity contribution in [3.63, 3.8) is 0 Å². The second-order valence-corrected chi connectivity index (χ2v) is 7.55. The summed E-state index contributed by atoms with van der Waals surface area (Å²) in [5.41, 5.74) is 0.837. The van der Waals surface area contributed by atoms with Gasteiger partial charge in [-0.2, -0.15) is 4.72 Å². The number of esters is 1. The minimum absolute atomic E-state index is 0.137. The molecule has 0 aromatic heterocycles. The lowest BCUT2D eigenvalue weighted by Gasteiger charge is -2.17. The average Bonchev–Trinajstić information content (AvgIpc) is 2.67. The summed E-state index contributed by atoms with van der Waals surface area (Å²) < 4.78 is 33.2. The molecule has 0 saturated heterocycles. The molecule has 0 amide bonds. The maximum absolute atomic E-state index is 12.9. The van der Waals surface area contributed by atoms with Crippen LogP contribution in [0, 0.1) is 0 Å². The van der Waals surface area contributed by atoms with E-state index in [0.29, 0.717) is 5.39 Å². The molecule has 5 nitrogen and oxygen atoms in total. The Morgan fingerprint density at radius 1 is 0.962 bits per heavy atom. The van der Waals surface area contributed by atoms with E-state index in [2.05, 4.69) is 4.72 Å². The van der Waals surface area contributed by atoms with Crippen LogP contribution >= 0.6 is 0 Å². The van der Waals surface area contributed by atoms with E-state index in [1.807, 2.05) is 48.5 Å². The zero-order valence-electron chi connectivity index (χ0n) is 14.3. The van der Waals surface area contributed by atoms with Crippen LogP contribution in [0.3, 0.4) is 0 Å². The molecule has 0 saturated carbocycles. The van der Waals surface area contributed by atoms with Gasteiger partial charge in [-0.25, -0.2) is 8.42 Å². The Kier molecular flexibility index (Phi) is 5.35. The summed E-state index contributed by atoms with van der Waals surface area (Å²) in [6, 6.07) is 20.5. The summed E-state index contributed by atoms with van der Waals surface area (Å²) in [5, 5.41) is 1.42. The van der Waals surface area contributed by atoms with Gasteiger partial charge in [0, 0.05) is 5.39 Å². The van der Waals surface area contributed by atoms with E-state index in [1.54, 1.807) is 18.2 Å². The van der Waals surface area contributed by atoms with Crippen molar-refractivity contribution in [1.29, 1.82) is 0 Å². The molecule has 0 aliphatic heterocycles. The minimum atomic E-state index is -3.91. The van der Waals surface area contributed by atoms with Gasteiger partial charge in [-0.1, -0.05) is 66.7 Å². The Morgan fingerprint density at radius 3 is 2.35 bits per heavy atom. The molecule has 0 aliphatic carbocycles. The highest BCUT2D eigenvalue weighted by Gasteiger charge is 2.27. The van der Waals surface area contributed by atoms with Crippen molar-refractivity contribution >= 4 is 26.8 Å². The van der Waals surface area contributed by atoms with Crippen LogP contribution in [0.4, 0.5) is 0 Å². The van der Waals surface area contributed by atoms with Crippen LogP contribution in [0.1, 0.15) is 5.56 Å². The number of carbonyl (C=O) groups is 1. The third-order valence-electron chi connectivity index (χ3n) is 4.10. The molecule has 0 aliphatic rings. The van der Waals surface area contributed by atoms with Crippen LogP contribution in [0.25, 0.3) is 10.8 Å². The summed E-state index contributed by atoms with van der Waals surface area (Å²) >= 11 is 0. The molecule has 0 heterocycles. The van der Waals surface area contributed by atoms with Crippen LogP contribution in [0.15, 0.2) is 77.7 Å². The lowest BCUT2D eigenvalue weighted by molar-refractivity contribution is -0.142. The number of fused-ring (bicyclic) bond motifs is 1. The summed E-state index contributed by atoms with van der Waals surface area (Å²) in [6.45, 7) is 0. The number of benzene rings is 3. The molecule has 134 valence electrons. The first-order chi connectivity index (χ1) is 12.5. The Bertz CT molecular complexity index is 1010. The molecule has 0 fully saturated rings. The van der Waals surface area contributed by atoms with Crippen molar-refractivity contribution in [1.82, 2.24) is 4.72 Å². The molecular formula is C20H19NO4S. The summed E-state index contributed by atoms with van der Waals surface area (Å²) in [5.74, 6) is -0.627. The van der Waals surface area contributed by atoms with Gasteiger partial charge in [-0.3, -0.25) is 4.79 Å². The number of sulfonamides is 1. The van der Waals surface area contributed by atoms with Gasteiger partial charge < -0.3 is 4.74 Å². The van der Waals surface area contributed by atoms with Crippen molar-refractivity contribution in [3.8, 4) is 0 Å². The van der Waals surface area contributed by atoms with E-state index in [-0.39, 0.29) is 11.3 Å². The zero-order chi connectivity index (χ0) is 18.6. The summed E-state index contributed by atoms with van der Waals surface area (Å²) in [7, 11) is -2.67. The van der Waals surface area contributed by atoms with E-state index < -0.39 is 22.0 Å². The Balaban J connectivity index is 1.95. The largest absolute Gasteiger partial charge is 0.468 e. The van der Waals surface area contributed by atoms with Crippen LogP contribution in [0.5, 0.6) is 0 Å². The predicted octanol–water partition coefficient (Wildman–Crippen LogP) is 2.90. The Hall–Kier alpha value is -2.70. The second kappa shape index (κ2) is 7.68. The third-order valence-corrected chi connectivity index (χ3v) is 5.63. The van der Waals surface area contributed by atoms with Gasteiger partial charge in [-0.05, 0) is 23.4 Å². The van der Waals surface area contributed by atoms with Gasteiger partial charge in [0.05, 0.1) is 12.0 Å². The predicted molar refractivity (Wildman–Crippen MR) is 100 cm³/mol. The van der Waals surface area contributed by atoms with Crippen molar-refractivity contribution in [2.24, 2.45) is 0 Å². The van der Waals surface area contributed by atoms with Crippen molar-refractivity contribution in [2.45, 2.75) is 17.4 Å². The fraction of sp³-hybridized carbons (Fsp3) is 0.150. The molecule has 0 spiro atoms. The minimum Gasteiger partial charge on any atom is -0.468 e. The fourth-order valence-electron chi connectivity index (χ4n) is 2.85. The van der Waals surface area contributed by atoms with E-state index in [0.717, 1.165) is 10.9 Å². The maximum atomic E-state index is 12.9. The standard InChI is InChI=1S/C20H19NO4S/c1-25-20(22)18(14-15-8-3-2-4-9-15)21-26(23,24)19-13-7-11-16-10-5-6-12-17(16)19/h2-13,18,21H,14H2,1H3. The quantitative estimate of drug-likeness (QED) is 0.678. The average molecular weight is 369 g/mol. The summed E-state index contributed by atoms with van der Waals surface area (Å²) in [4.78, 5) is 12.3. The molecule has 3 aromatic carbocycles. The zero-order valence-corrected chi connectivity index (χ0v) is 15.1. The topological polar surface area (TPSA) is 72.5 Å². The molecular weight excluding hydrogens is 350 g/mol. The van der Waals surface area contributed by atoms with Gasteiger partial charge in [0.2, 0.25) is 10.0 Å². The first-order valence-corrected chi connectivity index (χ1v) is 9.61. The molecule has 0 radical (unpaired) electrons. The number of methoxy groups -OCH3 is 1. The van der Waals surface area contributed by atoms with Crippen LogP contribution in [-0.2, 0) is 26.0 Å². The smallest absolute Gasteiger partial charge is 0.324 e. The van der Waals surface area contributed by atoms with Gasteiger partial charge >= 0.3 is 5.97 Å². The first kappa shape index (κ1) is 18.1. The first-order valence-electron chi connectivity index (χ1n) is 8.13. The van der Waals surface area contributed by atoms with Crippen molar-refractivity contribution in [2.75, 3.05) is 7.11 Å². The number of ether oxygens (including phenoxy) is 1. The Labute approximate surface area is 152 Å². The van der Waals surface area contributed by atoms with Crippen LogP contribution in [-0.4, -0.2) is 27.5 Å². The molecule has 1 atom stereocenters. The van der Waals surface area contributed by atoms with Crippen molar-refractivity contribution < 1.29 is 17.9 Å². The fourth-order valence-corrected chi connectivity index (χ4v) is 4.26. The van der Waals surface area contributed by atoms with E-state index in [1.165, 1.54) is 13.2 Å². The lowest BCUT2D eigenvalue weighted by atomic mass is 10.1. The SMILES string of the molecule is COC(=O)C(Cc1ccccc1)NS(=O)(=O)c1cccc2ccccc12. The van der Waals surface area contributed by atoms with Gasteiger partial charge in [0.15, 0.2) is 0 Å². The molecule has 26 heavy (non-hydrogen) atoms. The van der Waals surface area contributed by atoms with E-state index >= 15 is 0 Å². The Morgan fingerprint density at radius 2 is 1.62 bits per heavy atom. The molecule has 3 aromatic rings. The highest BCUT2D eigenvalue weighted by atomic mass is 32.2. The maximum Gasteiger partial charge on any atom is 0.324 e. The van der Waals surface area contributed by atoms with Crippen LogP contribution in [0.2, 0.25) is 0 Å². The van der Waals surface area contributed by atoms with Gasteiger partial charge in [-0.15, -0.1) is 0 Å². The molecule has 0 bridgehead atoms. The number of carbonyl (C=O) groups excluding carboxylic acids is 1. The molecule has 1 unspecified atom stereocenters.